The lowest BCUT2D eigenvalue weighted by Gasteiger charge is -2.05. The Morgan fingerprint density at radius 1 is 1.33 bits per heavy atom. The minimum Gasteiger partial charge on any atom is -0.329 e. The molecule has 0 unspecified atom stereocenters. The highest BCUT2D eigenvalue weighted by Gasteiger charge is 2.03. The number of rotatable bonds is 2. The number of nitrogens with zero attached hydrogens (tertiary/aromatic N) is 2. The SMILES string of the molecule is Cc1cnc2c(C)cc(NC=O)cc2n1. The number of carbonyl (C=O) groups excluding carboxylic acids is 1. The highest BCUT2D eigenvalue weighted by molar-refractivity contribution is 5.85. The number of nitrogens with one attached hydrogen (secondary N) is 1. The van der Waals surface area contributed by atoms with Gasteiger partial charge >= 0.3 is 0 Å². The quantitative estimate of drug-likeness (QED) is 0.754. The van der Waals surface area contributed by atoms with Crippen LogP contribution in [0.4, 0.5) is 5.69 Å². The third kappa shape index (κ3) is 1.79. The Morgan fingerprint density at radius 2 is 2.13 bits per heavy atom. The molecule has 0 fully saturated rings. The van der Waals surface area contributed by atoms with Crippen LogP contribution in [0.5, 0.6) is 0 Å². The van der Waals surface area contributed by atoms with Crippen molar-refractivity contribution in [2.45, 2.75) is 13.8 Å². The first-order chi connectivity index (χ1) is 7.20. The molecule has 0 atom stereocenters. The maximum Gasteiger partial charge on any atom is 0.211 e. The Kier molecular flexibility index (Phi) is 2.33. The first-order valence-electron chi connectivity index (χ1n) is 4.65. The van der Waals surface area contributed by atoms with E-state index in [0.29, 0.717) is 6.41 Å². The predicted molar refractivity (Wildman–Crippen MR) is 58.7 cm³/mol. The van der Waals surface area contributed by atoms with Gasteiger partial charge in [-0.25, -0.2) is 4.98 Å². The van der Waals surface area contributed by atoms with Gasteiger partial charge in [-0.15, -0.1) is 0 Å². The van der Waals surface area contributed by atoms with Crippen molar-refractivity contribution < 1.29 is 4.79 Å². The Morgan fingerprint density at radius 3 is 2.87 bits per heavy atom. The van der Waals surface area contributed by atoms with E-state index in [9.17, 15) is 4.79 Å². The lowest BCUT2D eigenvalue weighted by molar-refractivity contribution is -0.105. The molecule has 0 saturated carbocycles. The average molecular weight is 201 g/mol. The fourth-order valence-corrected chi connectivity index (χ4v) is 1.54. The zero-order valence-corrected chi connectivity index (χ0v) is 8.61. The molecule has 1 heterocycles. The Labute approximate surface area is 87.4 Å². The molecule has 0 aliphatic carbocycles. The normalized spacial score (nSPS) is 10.3. The van der Waals surface area contributed by atoms with Gasteiger partial charge in [0.2, 0.25) is 6.41 Å². The van der Waals surface area contributed by atoms with Crippen LogP contribution in [0.3, 0.4) is 0 Å². The molecule has 0 aliphatic rings. The summed E-state index contributed by atoms with van der Waals surface area (Å²) >= 11 is 0. The highest BCUT2D eigenvalue weighted by atomic mass is 16.1. The van der Waals surface area contributed by atoms with Crippen molar-refractivity contribution in [3.8, 4) is 0 Å². The summed E-state index contributed by atoms with van der Waals surface area (Å²) in [6.45, 7) is 3.84. The van der Waals surface area contributed by atoms with Gasteiger partial charge in [0.25, 0.3) is 0 Å². The van der Waals surface area contributed by atoms with Gasteiger partial charge in [0.15, 0.2) is 0 Å². The third-order valence-corrected chi connectivity index (χ3v) is 2.18. The molecule has 0 bridgehead atoms. The van der Waals surface area contributed by atoms with Crippen LogP contribution in [0.1, 0.15) is 11.3 Å². The van der Waals surface area contributed by atoms with E-state index in [2.05, 4.69) is 15.3 Å². The zero-order chi connectivity index (χ0) is 10.8. The number of carbonyl (C=O) groups is 1. The summed E-state index contributed by atoms with van der Waals surface area (Å²) in [6, 6.07) is 3.69. The Hall–Kier alpha value is -1.97. The van der Waals surface area contributed by atoms with Crippen LogP contribution < -0.4 is 5.32 Å². The maximum absolute atomic E-state index is 10.3. The topological polar surface area (TPSA) is 54.9 Å². The van der Waals surface area contributed by atoms with Crippen LogP contribution in [0.2, 0.25) is 0 Å². The molecule has 2 rings (SSSR count). The first-order valence-corrected chi connectivity index (χ1v) is 4.65. The van der Waals surface area contributed by atoms with Gasteiger partial charge in [0.05, 0.1) is 16.7 Å². The minimum atomic E-state index is 0.657. The molecule has 0 radical (unpaired) electrons. The van der Waals surface area contributed by atoms with Crippen LogP contribution >= 0.6 is 0 Å². The summed E-state index contributed by atoms with van der Waals surface area (Å²) in [6.07, 6.45) is 2.39. The van der Waals surface area contributed by atoms with Gasteiger partial charge < -0.3 is 5.32 Å². The van der Waals surface area contributed by atoms with Gasteiger partial charge in [0.1, 0.15) is 0 Å². The van der Waals surface area contributed by atoms with E-state index in [1.54, 1.807) is 6.20 Å². The van der Waals surface area contributed by atoms with E-state index in [1.807, 2.05) is 26.0 Å². The number of fused-ring (bicyclic) bond motifs is 1. The van der Waals surface area contributed by atoms with Crippen molar-refractivity contribution in [1.29, 1.82) is 0 Å². The Bertz CT molecular complexity index is 522. The predicted octanol–water partition coefficient (Wildman–Crippen LogP) is 1.81. The number of amides is 1. The molecule has 1 aromatic carbocycles. The van der Waals surface area contributed by atoms with E-state index in [0.717, 1.165) is 28.0 Å². The number of aromatic nitrogens is 2. The summed E-state index contributed by atoms with van der Waals surface area (Å²) in [5, 5.41) is 2.61. The van der Waals surface area contributed by atoms with Crippen molar-refractivity contribution in [1.82, 2.24) is 9.97 Å². The van der Waals surface area contributed by atoms with Gasteiger partial charge in [-0.05, 0) is 31.5 Å². The molecular weight excluding hydrogens is 190 g/mol. The monoisotopic (exact) mass is 201 g/mol. The second kappa shape index (κ2) is 3.65. The largest absolute Gasteiger partial charge is 0.329 e. The van der Waals surface area contributed by atoms with Crippen molar-refractivity contribution in [3.63, 3.8) is 0 Å². The number of hydrogen-bond donors (Lipinski definition) is 1. The van der Waals surface area contributed by atoms with Gasteiger partial charge in [-0.3, -0.25) is 9.78 Å². The molecule has 2 aromatic rings. The fraction of sp³-hybridized carbons (Fsp3) is 0.182. The molecule has 15 heavy (non-hydrogen) atoms. The minimum absolute atomic E-state index is 0.657. The van der Waals surface area contributed by atoms with Gasteiger partial charge in [-0.2, -0.15) is 0 Å². The summed E-state index contributed by atoms with van der Waals surface area (Å²) < 4.78 is 0. The number of benzene rings is 1. The lowest BCUT2D eigenvalue weighted by Crippen LogP contribution is -1.96. The summed E-state index contributed by atoms with van der Waals surface area (Å²) in [5.41, 5.74) is 4.29. The molecule has 76 valence electrons. The van der Waals surface area contributed by atoms with Crippen LogP contribution in [0.25, 0.3) is 11.0 Å². The average Bonchev–Trinajstić information content (AvgIpc) is 2.17. The van der Waals surface area contributed by atoms with E-state index >= 15 is 0 Å². The molecule has 4 nitrogen and oxygen atoms in total. The zero-order valence-electron chi connectivity index (χ0n) is 8.61. The molecule has 0 spiro atoms. The number of aryl methyl sites for hydroxylation is 2. The van der Waals surface area contributed by atoms with E-state index < -0.39 is 0 Å². The summed E-state index contributed by atoms with van der Waals surface area (Å²) in [4.78, 5) is 19.0. The van der Waals surface area contributed by atoms with E-state index in [-0.39, 0.29) is 0 Å². The highest BCUT2D eigenvalue weighted by Crippen LogP contribution is 2.19. The molecule has 0 aliphatic heterocycles. The summed E-state index contributed by atoms with van der Waals surface area (Å²) in [5.74, 6) is 0. The standard InChI is InChI=1S/C11H11N3O/c1-7-3-9(13-6-15)4-10-11(7)12-5-8(2)14-10/h3-6H,1-2H3,(H,13,15). The van der Waals surface area contributed by atoms with Crippen molar-refractivity contribution in [3.05, 3.63) is 29.6 Å². The molecule has 4 heteroatoms. The van der Waals surface area contributed by atoms with Crippen molar-refractivity contribution in [2.75, 3.05) is 5.32 Å². The molecule has 1 amide bonds. The molecule has 1 aromatic heterocycles. The van der Waals surface area contributed by atoms with Gasteiger partial charge in [0, 0.05) is 11.9 Å². The van der Waals surface area contributed by atoms with Crippen LogP contribution in [0, 0.1) is 13.8 Å². The smallest absolute Gasteiger partial charge is 0.211 e. The van der Waals surface area contributed by atoms with E-state index in [4.69, 9.17) is 0 Å². The van der Waals surface area contributed by atoms with Crippen LogP contribution in [0.15, 0.2) is 18.3 Å². The van der Waals surface area contributed by atoms with Gasteiger partial charge in [-0.1, -0.05) is 0 Å². The second-order valence-electron chi connectivity index (χ2n) is 3.43. The number of anilines is 1. The molecular formula is C11H11N3O. The molecule has 1 N–H and O–H groups in total. The fourth-order valence-electron chi connectivity index (χ4n) is 1.54. The third-order valence-electron chi connectivity index (χ3n) is 2.18. The lowest BCUT2D eigenvalue weighted by atomic mass is 10.1. The Balaban J connectivity index is 2.67. The van der Waals surface area contributed by atoms with Crippen LogP contribution in [-0.4, -0.2) is 16.4 Å². The van der Waals surface area contributed by atoms with Crippen molar-refractivity contribution >= 4 is 23.1 Å². The molecule has 0 saturated heterocycles. The summed E-state index contributed by atoms with van der Waals surface area (Å²) in [7, 11) is 0. The van der Waals surface area contributed by atoms with Crippen molar-refractivity contribution in [2.24, 2.45) is 0 Å². The first kappa shape index (κ1) is 9.58. The van der Waals surface area contributed by atoms with Crippen LogP contribution in [-0.2, 0) is 4.79 Å². The number of hydrogen-bond acceptors (Lipinski definition) is 3. The van der Waals surface area contributed by atoms with E-state index in [1.165, 1.54) is 0 Å². The second-order valence-corrected chi connectivity index (χ2v) is 3.43. The maximum atomic E-state index is 10.3.